The van der Waals surface area contributed by atoms with Crippen molar-refractivity contribution in [3.63, 3.8) is 0 Å². The van der Waals surface area contributed by atoms with Gasteiger partial charge in [0.1, 0.15) is 6.04 Å². The fourth-order valence-corrected chi connectivity index (χ4v) is 2.61. The lowest BCUT2D eigenvalue weighted by Gasteiger charge is -2.23. The third-order valence-electron chi connectivity index (χ3n) is 3.79. The van der Waals surface area contributed by atoms with E-state index in [1.807, 2.05) is 0 Å². The van der Waals surface area contributed by atoms with Gasteiger partial charge in [-0.15, -0.1) is 0 Å². The van der Waals surface area contributed by atoms with Crippen LogP contribution in [-0.4, -0.2) is 55.4 Å². The lowest BCUT2D eigenvalue weighted by molar-refractivity contribution is -0.139. The average molecular weight is 286 g/mol. The summed E-state index contributed by atoms with van der Waals surface area (Å²) >= 11 is 0. The Labute approximate surface area is 120 Å². The Hall–Kier alpha value is -1.30. The third kappa shape index (κ3) is 5.77. The smallest absolute Gasteiger partial charge is 0.326 e. The number of aliphatic carboxylic acids is 1. The first kappa shape index (κ1) is 16.8. The Bertz CT molecular complexity index is 316. The van der Waals surface area contributed by atoms with Crippen molar-refractivity contribution >= 4 is 12.0 Å². The molecule has 1 saturated carbocycles. The summed E-state index contributed by atoms with van der Waals surface area (Å²) in [5.41, 5.74) is 0. The number of carbonyl (C=O) groups is 2. The lowest BCUT2D eigenvalue weighted by atomic mass is 10.1. The monoisotopic (exact) mass is 286 g/mol. The van der Waals surface area contributed by atoms with Crippen LogP contribution in [0.3, 0.4) is 0 Å². The van der Waals surface area contributed by atoms with Gasteiger partial charge in [0.05, 0.1) is 0 Å². The van der Waals surface area contributed by atoms with E-state index in [1.54, 1.807) is 19.1 Å². The highest BCUT2D eigenvalue weighted by atomic mass is 16.5. The van der Waals surface area contributed by atoms with E-state index in [1.165, 1.54) is 12.8 Å². The van der Waals surface area contributed by atoms with Gasteiger partial charge < -0.3 is 20.1 Å². The summed E-state index contributed by atoms with van der Waals surface area (Å²) in [6.45, 7) is 1.20. The van der Waals surface area contributed by atoms with Crippen LogP contribution in [-0.2, 0) is 9.53 Å². The minimum atomic E-state index is -0.997. The molecule has 1 aliphatic carbocycles. The Morgan fingerprint density at radius 1 is 1.40 bits per heavy atom. The molecule has 1 atom stereocenters. The van der Waals surface area contributed by atoms with Crippen molar-refractivity contribution in [2.75, 3.05) is 27.3 Å². The molecular formula is C14H26N2O4. The number of rotatable bonds is 8. The zero-order valence-electron chi connectivity index (χ0n) is 12.4. The molecule has 0 bridgehead atoms. The van der Waals surface area contributed by atoms with Crippen molar-refractivity contribution in [2.45, 2.75) is 44.6 Å². The molecule has 116 valence electrons. The first-order chi connectivity index (χ1) is 9.54. The van der Waals surface area contributed by atoms with Crippen LogP contribution in [0.2, 0.25) is 0 Å². The maximum absolute atomic E-state index is 12.0. The number of nitrogens with zero attached hydrogens (tertiary/aromatic N) is 1. The summed E-state index contributed by atoms with van der Waals surface area (Å²) in [4.78, 5) is 24.7. The van der Waals surface area contributed by atoms with E-state index in [4.69, 9.17) is 9.84 Å². The van der Waals surface area contributed by atoms with Crippen LogP contribution < -0.4 is 5.32 Å². The van der Waals surface area contributed by atoms with Crippen molar-refractivity contribution in [1.82, 2.24) is 10.2 Å². The van der Waals surface area contributed by atoms with E-state index in [0.29, 0.717) is 31.9 Å². The SMILES string of the molecule is COCCCC(NC(=O)N(C)CC1CCCC1)C(=O)O. The predicted octanol–water partition coefficient (Wildman–Crippen LogP) is 1.70. The first-order valence-corrected chi connectivity index (χ1v) is 7.28. The van der Waals surface area contributed by atoms with Crippen LogP contribution in [0.5, 0.6) is 0 Å². The molecule has 0 aliphatic heterocycles. The van der Waals surface area contributed by atoms with Gasteiger partial charge in [0.2, 0.25) is 0 Å². The van der Waals surface area contributed by atoms with E-state index in [0.717, 1.165) is 12.8 Å². The Balaban J connectivity index is 2.37. The molecule has 0 saturated heterocycles. The number of nitrogens with one attached hydrogen (secondary N) is 1. The zero-order valence-corrected chi connectivity index (χ0v) is 12.4. The van der Waals surface area contributed by atoms with Gasteiger partial charge in [-0.1, -0.05) is 12.8 Å². The highest BCUT2D eigenvalue weighted by Gasteiger charge is 2.23. The molecule has 2 amide bonds. The summed E-state index contributed by atoms with van der Waals surface area (Å²) in [6.07, 6.45) is 5.78. The number of carbonyl (C=O) groups excluding carboxylic acids is 1. The number of ether oxygens (including phenoxy) is 1. The van der Waals surface area contributed by atoms with E-state index < -0.39 is 12.0 Å². The van der Waals surface area contributed by atoms with Crippen LogP contribution in [0.25, 0.3) is 0 Å². The number of hydrogen-bond acceptors (Lipinski definition) is 3. The second kappa shape index (κ2) is 8.79. The second-order valence-corrected chi connectivity index (χ2v) is 5.51. The van der Waals surface area contributed by atoms with Crippen molar-refractivity contribution in [3.05, 3.63) is 0 Å². The largest absolute Gasteiger partial charge is 0.480 e. The Morgan fingerprint density at radius 2 is 2.05 bits per heavy atom. The van der Waals surface area contributed by atoms with Crippen LogP contribution in [0.4, 0.5) is 4.79 Å². The summed E-state index contributed by atoms with van der Waals surface area (Å²) in [6, 6.07) is -1.15. The molecule has 0 radical (unpaired) electrons. The average Bonchev–Trinajstić information content (AvgIpc) is 2.90. The zero-order chi connectivity index (χ0) is 15.0. The summed E-state index contributed by atoms with van der Waals surface area (Å²) in [7, 11) is 3.30. The molecule has 20 heavy (non-hydrogen) atoms. The topological polar surface area (TPSA) is 78.9 Å². The van der Waals surface area contributed by atoms with Crippen LogP contribution >= 0.6 is 0 Å². The number of hydrogen-bond donors (Lipinski definition) is 2. The van der Waals surface area contributed by atoms with Gasteiger partial charge in [-0.25, -0.2) is 9.59 Å². The summed E-state index contributed by atoms with van der Waals surface area (Å²) in [5, 5.41) is 11.7. The van der Waals surface area contributed by atoms with Gasteiger partial charge in [-0.2, -0.15) is 0 Å². The molecule has 1 rings (SSSR count). The molecule has 2 N–H and O–H groups in total. The Morgan fingerprint density at radius 3 is 2.60 bits per heavy atom. The van der Waals surface area contributed by atoms with Gasteiger partial charge in [0.15, 0.2) is 0 Å². The van der Waals surface area contributed by atoms with E-state index in [9.17, 15) is 9.59 Å². The third-order valence-corrected chi connectivity index (χ3v) is 3.79. The van der Waals surface area contributed by atoms with Crippen molar-refractivity contribution in [3.8, 4) is 0 Å². The fourth-order valence-electron chi connectivity index (χ4n) is 2.61. The fraction of sp³-hybridized carbons (Fsp3) is 0.857. The minimum absolute atomic E-state index is 0.304. The van der Waals surface area contributed by atoms with Crippen molar-refractivity contribution in [1.29, 1.82) is 0 Å². The van der Waals surface area contributed by atoms with E-state index >= 15 is 0 Å². The van der Waals surface area contributed by atoms with Crippen LogP contribution in [0.1, 0.15) is 38.5 Å². The number of amides is 2. The Kier molecular flexibility index (Phi) is 7.36. The van der Waals surface area contributed by atoms with Gasteiger partial charge in [0, 0.05) is 27.3 Å². The maximum atomic E-state index is 12.0. The van der Waals surface area contributed by atoms with E-state index in [2.05, 4.69) is 5.32 Å². The minimum Gasteiger partial charge on any atom is -0.480 e. The number of methoxy groups -OCH3 is 1. The van der Waals surface area contributed by atoms with E-state index in [-0.39, 0.29) is 6.03 Å². The van der Waals surface area contributed by atoms with Crippen LogP contribution in [0, 0.1) is 5.92 Å². The highest BCUT2D eigenvalue weighted by molar-refractivity contribution is 5.82. The summed E-state index contributed by atoms with van der Waals surface area (Å²) < 4.78 is 4.90. The standard InChI is InChI=1S/C14H26N2O4/c1-16(10-11-6-3-4-7-11)14(19)15-12(13(17)18)8-5-9-20-2/h11-12H,3-10H2,1-2H3,(H,15,19)(H,17,18). The number of carboxylic acids is 1. The van der Waals surface area contributed by atoms with Gasteiger partial charge in [-0.05, 0) is 31.6 Å². The second-order valence-electron chi connectivity index (χ2n) is 5.51. The molecule has 0 aromatic carbocycles. The normalized spacial score (nSPS) is 16.9. The molecule has 1 unspecified atom stereocenters. The molecule has 6 heteroatoms. The molecule has 0 aromatic rings. The van der Waals surface area contributed by atoms with Crippen molar-refractivity contribution < 1.29 is 19.4 Å². The molecule has 1 aliphatic rings. The molecule has 0 aromatic heterocycles. The number of carboxylic acid groups (broad SMARTS) is 1. The number of urea groups is 1. The molecule has 0 heterocycles. The van der Waals surface area contributed by atoms with Gasteiger partial charge in [0.25, 0.3) is 0 Å². The lowest BCUT2D eigenvalue weighted by Crippen LogP contribution is -2.47. The first-order valence-electron chi connectivity index (χ1n) is 7.28. The van der Waals surface area contributed by atoms with Crippen LogP contribution in [0.15, 0.2) is 0 Å². The predicted molar refractivity (Wildman–Crippen MR) is 75.7 cm³/mol. The molecule has 1 fully saturated rings. The summed E-state index contributed by atoms with van der Waals surface area (Å²) in [5.74, 6) is -0.439. The van der Waals surface area contributed by atoms with Gasteiger partial charge >= 0.3 is 12.0 Å². The maximum Gasteiger partial charge on any atom is 0.326 e. The quantitative estimate of drug-likeness (QED) is 0.666. The highest BCUT2D eigenvalue weighted by Crippen LogP contribution is 2.25. The van der Waals surface area contributed by atoms with Crippen molar-refractivity contribution in [2.24, 2.45) is 5.92 Å². The molecule has 6 nitrogen and oxygen atoms in total. The van der Waals surface area contributed by atoms with Gasteiger partial charge in [-0.3, -0.25) is 0 Å². The molecule has 0 spiro atoms. The molecular weight excluding hydrogens is 260 g/mol.